The summed E-state index contributed by atoms with van der Waals surface area (Å²) in [4.78, 5) is 63.2. The number of likely N-dealkylation sites (tertiary alicyclic amines) is 1. The third-order valence-corrected chi connectivity index (χ3v) is 11.0. The number of hydrogen-bond acceptors (Lipinski definition) is 9. The zero-order valence-electron chi connectivity index (χ0n) is 30.8. The van der Waals surface area contributed by atoms with Crippen LogP contribution in [0.1, 0.15) is 64.9 Å². The Kier molecular flexibility index (Phi) is 9.92. The molecule has 3 aliphatic heterocycles. The van der Waals surface area contributed by atoms with Gasteiger partial charge in [-0.15, -0.1) is 0 Å². The first-order valence-electron chi connectivity index (χ1n) is 18.6. The van der Waals surface area contributed by atoms with Gasteiger partial charge < -0.3 is 30.1 Å². The molecule has 5 heterocycles. The first-order chi connectivity index (χ1) is 25.3. The highest BCUT2D eigenvalue weighted by molar-refractivity contribution is 5.96. The number of nitrogens with one attached hydrogen (secondary N) is 2. The van der Waals surface area contributed by atoms with Crippen LogP contribution < -0.4 is 15.4 Å². The van der Waals surface area contributed by atoms with Gasteiger partial charge in [0.25, 0.3) is 0 Å². The number of carboxylic acids is 1. The number of carboxylic acid groups (broad SMARTS) is 1. The van der Waals surface area contributed by atoms with Gasteiger partial charge >= 0.3 is 12.1 Å². The number of carbonyl (C=O) groups excluding carboxylic acids is 3. The maximum Gasteiger partial charge on any atom is 0.408 e. The predicted molar refractivity (Wildman–Crippen MR) is 195 cm³/mol. The van der Waals surface area contributed by atoms with Crippen LogP contribution in [-0.4, -0.2) is 104 Å². The number of fused-ring (bicyclic) bond motifs is 5. The molecule has 2 saturated heterocycles. The van der Waals surface area contributed by atoms with E-state index in [2.05, 4.69) is 20.6 Å². The molecule has 282 valence electrons. The Morgan fingerprint density at radius 3 is 2.68 bits per heavy atom. The van der Waals surface area contributed by atoms with Gasteiger partial charge in [-0.3, -0.25) is 14.5 Å². The van der Waals surface area contributed by atoms with Crippen molar-refractivity contribution < 1.29 is 33.8 Å². The average Bonchev–Trinajstić information content (AvgIpc) is 3.46. The fraction of sp³-hybridized carbons (Fsp3) is 0.538. The maximum absolute atomic E-state index is 14.5. The summed E-state index contributed by atoms with van der Waals surface area (Å²) in [5, 5.41) is 21.4. The number of alkyl carbamates (subject to hydrolysis) is 1. The number of ether oxygens (including phenoxy) is 2. The van der Waals surface area contributed by atoms with Crippen LogP contribution in [0, 0.1) is 17.8 Å². The van der Waals surface area contributed by atoms with E-state index in [9.17, 15) is 24.3 Å². The lowest BCUT2D eigenvalue weighted by Gasteiger charge is -2.33. The minimum atomic E-state index is -1.41. The summed E-state index contributed by atoms with van der Waals surface area (Å²) in [6.07, 6.45) is 10.6. The number of amides is 3. The SMILES string of the molecule is COc1ccc2c(CN3C[C@H]4CN5C(=O)[C@H](NC(=O)OC(C)(C)C)CCCCC/C=C\[C@H]6C[C@@]6(C(=O)O)NC(=O)[C@@H]5[C@H]4C3)cc(-n3cccn3)nc2c1. The van der Waals surface area contributed by atoms with E-state index >= 15 is 0 Å². The van der Waals surface area contributed by atoms with Crippen LogP contribution in [0.3, 0.4) is 0 Å². The molecule has 0 spiro atoms. The molecule has 3 aromatic rings. The number of pyridine rings is 1. The second kappa shape index (κ2) is 14.4. The number of allylic oxidation sites excluding steroid dienone is 1. The lowest BCUT2D eigenvalue weighted by atomic mass is 9.93. The van der Waals surface area contributed by atoms with Gasteiger partial charge in [0.05, 0.1) is 12.6 Å². The van der Waals surface area contributed by atoms with E-state index in [1.165, 1.54) is 0 Å². The second-order valence-electron chi connectivity index (χ2n) is 15.9. The first kappa shape index (κ1) is 36.4. The van der Waals surface area contributed by atoms with Crippen molar-refractivity contribution in [3.05, 3.63) is 60.4 Å². The van der Waals surface area contributed by atoms with Gasteiger partial charge in [0.2, 0.25) is 11.8 Å². The molecule has 1 aromatic carbocycles. The molecule has 2 aromatic heterocycles. The molecule has 4 aliphatic rings. The Balaban J connectivity index is 1.18. The highest BCUT2D eigenvalue weighted by atomic mass is 16.6. The van der Waals surface area contributed by atoms with Gasteiger partial charge in [0.15, 0.2) is 5.82 Å². The fourth-order valence-corrected chi connectivity index (χ4v) is 8.33. The van der Waals surface area contributed by atoms with E-state index in [1.807, 2.05) is 48.7 Å². The third kappa shape index (κ3) is 7.59. The van der Waals surface area contributed by atoms with E-state index in [0.29, 0.717) is 57.0 Å². The minimum absolute atomic E-state index is 0.0507. The molecule has 0 bridgehead atoms. The quantitative estimate of drug-likeness (QED) is 0.315. The molecule has 7 rings (SSSR count). The average molecular weight is 728 g/mol. The summed E-state index contributed by atoms with van der Waals surface area (Å²) in [5.41, 5.74) is -0.373. The Morgan fingerprint density at radius 2 is 1.94 bits per heavy atom. The van der Waals surface area contributed by atoms with Crippen LogP contribution in [-0.2, 0) is 25.7 Å². The second-order valence-corrected chi connectivity index (χ2v) is 15.9. The van der Waals surface area contributed by atoms with Crippen molar-refractivity contribution in [2.45, 2.75) is 89.1 Å². The zero-order valence-corrected chi connectivity index (χ0v) is 30.8. The molecular weight excluding hydrogens is 678 g/mol. The molecule has 3 amide bonds. The molecule has 0 radical (unpaired) electrons. The van der Waals surface area contributed by atoms with Gasteiger partial charge in [0.1, 0.15) is 29.0 Å². The van der Waals surface area contributed by atoms with Gasteiger partial charge in [0, 0.05) is 61.9 Å². The Labute approximate surface area is 308 Å². The van der Waals surface area contributed by atoms with Gasteiger partial charge in [-0.1, -0.05) is 25.0 Å². The van der Waals surface area contributed by atoms with Crippen LogP contribution in [0.2, 0.25) is 0 Å². The molecule has 3 fully saturated rings. The Bertz CT molecular complexity index is 1910. The minimum Gasteiger partial charge on any atom is -0.497 e. The van der Waals surface area contributed by atoms with Gasteiger partial charge in [-0.05, 0) is 82.2 Å². The van der Waals surface area contributed by atoms with E-state index in [-0.39, 0.29) is 23.7 Å². The summed E-state index contributed by atoms with van der Waals surface area (Å²) in [6.45, 7) is 7.29. The number of methoxy groups -OCH3 is 1. The van der Waals surface area contributed by atoms with Crippen LogP contribution in [0.4, 0.5) is 4.79 Å². The lowest BCUT2D eigenvalue weighted by Crippen LogP contribution is -2.58. The predicted octanol–water partition coefficient (Wildman–Crippen LogP) is 4.06. The van der Waals surface area contributed by atoms with E-state index in [4.69, 9.17) is 14.5 Å². The number of hydrogen-bond donors (Lipinski definition) is 3. The van der Waals surface area contributed by atoms with E-state index < -0.39 is 41.2 Å². The van der Waals surface area contributed by atoms with E-state index in [0.717, 1.165) is 35.7 Å². The van der Waals surface area contributed by atoms with Crippen molar-refractivity contribution in [3.8, 4) is 11.6 Å². The number of aromatic nitrogens is 3. The first-order valence-corrected chi connectivity index (χ1v) is 18.6. The van der Waals surface area contributed by atoms with Crippen LogP contribution in [0.15, 0.2) is 54.9 Å². The standard InChI is InChI=1S/C39H49N7O7/c1-38(2,3)53-37(51)42-30-12-9-7-5-6-8-11-26-19-39(26,36(49)50)43-34(47)33-29-23-44(21-25(29)22-45(33)35(30)48)20-24-17-32(46-16-10-15-40-46)41-31-18-27(52-4)13-14-28(24)31/h8,10-11,13-18,25-26,29-30,33H,5-7,9,12,19-23H2,1-4H3,(H,42,51)(H,43,47)(H,49,50)/b11-8-/t25-,26-,29-,30+,33-,39+/m0/s1. The summed E-state index contributed by atoms with van der Waals surface area (Å²) in [5.74, 6) is -1.17. The number of carbonyl (C=O) groups is 4. The largest absolute Gasteiger partial charge is 0.497 e. The van der Waals surface area contributed by atoms with Crippen LogP contribution in [0.25, 0.3) is 16.7 Å². The van der Waals surface area contributed by atoms with Crippen molar-refractivity contribution in [3.63, 3.8) is 0 Å². The lowest BCUT2D eigenvalue weighted by molar-refractivity contribution is -0.146. The fourth-order valence-electron chi connectivity index (χ4n) is 8.33. The van der Waals surface area contributed by atoms with Crippen LogP contribution >= 0.6 is 0 Å². The van der Waals surface area contributed by atoms with Crippen molar-refractivity contribution >= 4 is 34.8 Å². The molecule has 1 aliphatic carbocycles. The summed E-state index contributed by atoms with van der Waals surface area (Å²) in [7, 11) is 1.62. The molecular formula is C39H49N7O7. The summed E-state index contributed by atoms with van der Waals surface area (Å²) >= 11 is 0. The van der Waals surface area contributed by atoms with Crippen molar-refractivity contribution in [1.82, 2.24) is 35.2 Å². The van der Waals surface area contributed by atoms with Crippen molar-refractivity contribution in [2.75, 3.05) is 26.7 Å². The highest BCUT2D eigenvalue weighted by Gasteiger charge is 2.62. The zero-order chi connectivity index (χ0) is 37.5. The molecule has 3 N–H and O–H groups in total. The molecule has 14 heteroatoms. The monoisotopic (exact) mass is 727 g/mol. The normalized spacial score (nSPS) is 28.5. The number of benzene rings is 1. The molecule has 53 heavy (non-hydrogen) atoms. The van der Waals surface area contributed by atoms with Gasteiger partial charge in [-0.25, -0.2) is 19.3 Å². The van der Waals surface area contributed by atoms with Crippen molar-refractivity contribution in [2.24, 2.45) is 17.8 Å². The third-order valence-electron chi connectivity index (χ3n) is 11.0. The molecule has 1 saturated carbocycles. The number of nitrogens with zero attached hydrogens (tertiary/aromatic N) is 5. The number of aliphatic carboxylic acids is 1. The highest BCUT2D eigenvalue weighted by Crippen LogP contribution is 2.46. The Hall–Kier alpha value is -4.98. The van der Waals surface area contributed by atoms with E-state index in [1.54, 1.807) is 43.7 Å². The Morgan fingerprint density at radius 1 is 1.11 bits per heavy atom. The molecule has 14 nitrogen and oxygen atoms in total. The summed E-state index contributed by atoms with van der Waals surface area (Å²) < 4.78 is 12.7. The summed E-state index contributed by atoms with van der Waals surface area (Å²) in [6, 6.07) is 7.86. The van der Waals surface area contributed by atoms with Crippen LogP contribution in [0.5, 0.6) is 5.75 Å². The number of rotatable bonds is 6. The molecule has 6 atom stereocenters. The van der Waals surface area contributed by atoms with Gasteiger partial charge in [-0.2, -0.15) is 5.10 Å². The van der Waals surface area contributed by atoms with Crippen molar-refractivity contribution in [1.29, 1.82) is 0 Å². The molecule has 0 unspecified atom stereocenters. The topological polar surface area (TPSA) is 168 Å². The maximum atomic E-state index is 14.5. The smallest absolute Gasteiger partial charge is 0.408 e.